The molecule has 0 aliphatic carbocycles. The molecule has 7 nitrogen and oxygen atoms in total. The van der Waals surface area contributed by atoms with Crippen LogP contribution in [0.3, 0.4) is 0 Å². The minimum Gasteiger partial charge on any atom is -0.354 e. The molecule has 0 aliphatic heterocycles. The van der Waals surface area contributed by atoms with E-state index in [-0.39, 0.29) is 29.7 Å². The summed E-state index contributed by atoms with van der Waals surface area (Å²) in [6, 6.07) is 1.90. The van der Waals surface area contributed by atoms with Gasteiger partial charge in [-0.1, -0.05) is 13.8 Å². The van der Waals surface area contributed by atoms with Gasteiger partial charge in [-0.05, 0) is 31.4 Å². The zero-order chi connectivity index (χ0) is 18.3. The van der Waals surface area contributed by atoms with Gasteiger partial charge in [0.1, 0.15) is 11.6 Å². The van der Waals surface area contributed by atoms with E-state index in [0.717, 1.165) is 5.56 Å². The Morgan fingerprint density at radius 3 is 2.42 bits per heavy atom. The first-order chi connectivity index (χ1) is 11.3. The Labute approximate surface area is 141 Å². The van der Waals surface area contributed by atoms with Gasteiger partial charge in [0.15, 0.2) is 0 Å². The van der Waals surface area contributed by atoms with Crippen molar-refractivity contribution in [2.45, 2.75) is 40.5 Å². The first-order valence-electron chi connectivity index (χ1n) is 7.94. The molecule has 24 heavy (non-hydrogen) atoms. The Bertz CT molecular complexity index is 714. The van der Waals surface area contributed by atoms with E-state index in [1.54, 1.807) is 27.7 Å². The molecule has 0 saturated heterocycles. The van der Waals surface area contributed by atoms with Gasteiger partial charge < -0.3 is 15.6 Å². The lowest BCUT2D eigenvalue weighted by Crippen LogP contribution is -2.36. The van der Waals surface area contributed by atoms with Crippen LogP contribution in [0.25, 0.3) is 0 Å². The minimum absolute atomic E-state index is 0.0484. The highest BCUT2D eigenvalue weighted by Gasteiger charge is 2.13. The van der Waals surface area contributed by atoms with Gasteiger partial charge in [-0.25, -0.2) is 0 Å². The Morgan fingerprint density at radius 2 is 1.83 bits per heavy atom. The van der Waals surface area contributed by atoms with Crippen molar-refractivity contribution >= 4 is 11.8 Å². The van der Waals surface area contributed by atoms with Crippen molar-refractivity contribution < 1.29 is 9.59 Å². The van der Waals surface area contributed by atoms with Crippen LogP contribution in [-0.2, 0) is 16.0 Å². The second-order valence-electron chi connectivity index (χ2n) is 5.97. The first kappa shape index (κ1) is 19.4. The van der Waals surface area contributed by atoms with Gasteiger partial charge >= 0.3 is 0 Å². The predicted octanol–water partition coefficient (Wildman–Crippen LogP) is 0.684. The molecule has 2 amide bonds. The van der Waals surface area contributed by atoms with E-state index >= 15 is 0 Å². The van der Waals surface area contributed by atoms with Gasteiger partial charge in [0.05, 0.1) is 0 Å². The third-order valence-electron chi connectivity index (χ3n) is 3.79. The lowest BCUT2D eigenvalue weighted by molar-refractivity contribution is -0.124. The number of pyridine rings is 1. The molecule has 0 atom stereocenters. The van der Waals surface area contributed by atoms with Crippen LogP contribution in [0, 0.1) is 31.1 Å². The predicted molar refractivity (Wildman–Crippen MR) is 90.4 cm³/mol. The van der Waals surface area contributed by atoms with Gasteiger partial charge in [-0.15, -0.1) is 0 Å². The van der Waals surface area contributed by atoms with Crippen LogP contribution in [0.1, 0.15) is 42.7 Å². The molecule has 3 N–H and O–H groups in total. The number of aryl methyl sites for hydroxylation is 1. The lowest BCUT2D eigenvalue weighted by Gasteiger charge is -2.11. The van der Waals surface area contributed by atoms with Crippen molar-refractivity contribution in [1.82, 2.24) is 15.6 Å². The van der Waals surface area contributed by atoms with E-state index in [2.05, 4.69) is 15.6 Å². The summed E-state index contributed by atoms with van der Waals surface area (Å²) in [5.74, 6) is -0.272. The summed E-state index contributed by atoms with van der Waals surface area (Å²) in [7, 11) is 0. The SMILES string of the molecule is Cc1[nH]c(=O)c(C#N)c(C)c1CCC(=O)NCCNC(=O)C(C)C. The number of amides is 2. The number of hydrogen-bond donors (Lipinski definition) is 3. The minimum atomic E-state index is -0.401. The topological polar surface area (TPSA) is 115 Å². The largest absolute Gasteiger partial charge is 0.354 e. The second kappa shape index (κ2) is 8.87. The van der Waals surface area contributed by atoms with Crippen LogP contribution in [0.2, 0.25) is 0 Å². The number of aromatic amines is 1. The summed E-state index contributed by atoms with van der Waals surface area (Å²) in [6.07, 6.45) is 0.685. The summed E-state index contributed by atoms with van der Waals surface area (Å²) in [5, 5.41) is 14.5. The highest BCUT2D eigenvalue weighted by Crippen LogP contribution is 2.14. The quantitative estimate of drug-likeness (QED) is 0.637. The normalized spacial score (nSPS) is 10.3. The van der Waals surface area contributed by atoms with E-state index in [1.165, 1.54) is 0 Å². The van der Waals surface area contributed by atoms with Gasteiger partial charge in [-0.3, -0.25) is 14.4 Å². The molecule has 0 aromatic carbocycles. The van der Waals surface area contributed by atoms with Gasteiger partial charge in [0.25, 0.3) is 5.56 Å². The van der Waals surface area contributed by atoms with Crippen molar-refractivity contribution in [2.75, 3.05) is 13.1 Å². The maximum Gasteiger partial charge on any atom is 0.266 e. The van der Waals surface area contributed by atoms with Gasteiger partial charge in [-0.2, -0.15) is 5.26 Å². The van der Waals surface area contributed by atoms with Crippen molar-refractivity contribution in [3.63, 3.8) is 0 Å². The average Bonchev–Trinajstić information content (AvgIpc) is 2.51. The van der Waals surface area contributed by atoms with Crippen LogP contribution in [0.15, 0.2) is 4.79 Å². The van der Waals surface area contributed by atoms with Crippen molar-refractivity contribution in [3.8, 4) is 6.07 Å². The Kier molecular flexibility index (Phi) is 7.18. The third kappa shape index (κ3) is 5.23. The zero-order valence-corrected chi connectivity index (χ0v) is 14.6. The van der Waals surface area contributed by atoms with E-state index in [1.807, 2.05) is 6.07 Å². The number of nitrogens with one attached hydrogen (secondary N) is 3. The molecule has 1 heterocycles. The van der Waals surface area contributed by atoms with Crippen LogP contribution < -0.4 is 16.2 Å². The van der Waals surface area contributed by atoms with Crippen LogP contribution in [0.4, 0.5) is 0 Å². The molecular formula is C17H24N4O3. The molecule has 130 valence electrons. The molecule has 0 unspecified atom stereocenters. The number of hydrogen-bond acceptors (Lipinski definition) is 4. The number of H-pyrrole nitrogens is 1. The number of nitrogens with zero attached hydrogens (tertiary/aromatic N) is 1. The molecule has 0 bridgehead atoms. The van der Waals surface area contributed by atoms with Crippen LogP contribution in [-0.4, -0.2) is 29.9 Å². The Morgan fingerprint density at radius 1 is 1.21 bits per heavy atom. The number of carbonyl (C=O) groups excluding carboxylic acids is 2. The molecular weight excluding hydrogens is 308 g/mol. The number of rotatable bonds is 7. The molecule has 7 heteroatoms. The fourth-order valence-corrected chi connectivity index (χ4v) is 2.34. The summed E-state index contributed by atoms with van der Waals surface area (Å²) in [4.78, 5) is 37.6. The smallest absolute Gasteiger partial charge is 0.266 e. The monoisotopic (exact) mass is 332 g/mol. The number of aromatic nitrogens is 1. The lowest BCUT2D eigenvalue weighted by atomic mass is 9.99. The molecule has 0 saturated carbocycles. The molecule has 0 radical (unpaired) electrons. The van der Waals surface area contributed by atoms with E-state index < -0.39 is 5.56 Å². The first-order valence-corrected chi connectivity index (χ1v) is 7.94. The maximum atomic E-state index is 11.9. The standard InChI is InChI=1S/C17H24N4O3/c1-10(2)16(23)20-8-7-19-15(22)6-5-13-11(3)14(9-18)17(24)21-12(13)4/h10H,5-8H2,1-4H3,(H,19,22)(H,20,23)(H,21,24). The second-order valence-corrected chi connectivity index (χ2v) is 5.97. The van der Waals surface area contributed by atoms with Crippen molar-refractivity contribution in [2.24, 2.45) is 5.92 Å². The van der Waals surface area contributed by atoms with Crippen LogP contribution in [0.5, 0.6) is 0 Å². The third-order valence-corrected chi connectivity index (χ3v) is 3.79. The molecule has 0 fully saturated rings. The highest BCUT2D eigenvalue weighted by atomic mass is 16.2. The number of carbonyl (C=O) groups is 2. The Balaban J connectivity index is 2.53. The zero-order valence-electron chi connectivity index (χ0n) is 14.6. The average molecular weight is 332 g/mol. The fraction of sp³-hybridized carbons (Fsp3) is 0.529. The molecule has 0 spiro atoms. The summed E-state index contributed by atoms with van der Waals surface area (Å²) in [5.41, 5.74) is 1.80. The molecule has 1 rings (SSSR count). The van der Waals surface area contributed by atoms with Crippen molar-refractivity contribution in [3.05, 3.63) is 32.7 Å². The summed E-state index contributed by atoms with van der Waals surface area (Å²) >= 11 is 0. The van der Waals surface area contributed by atoms with E-state index in [0.29, 0.717) is 30.8 Å². The molecule has 0 aliphatic rings. The Hall–Kier alpha value is -2.62. The van der Waals surface area contributed by atoms with Crippen LogP contribution >= 0.6 is 0 Å². The highest BCUT2D eigenvalue weighted by molar-refractivity contribution is 5.78. The fourth-order valence-electron chi connectivity index (χ4n) is 2.34. The van der Waals surface area contributed by atoms with Crippen molar-refractivity contribution in [1.29, 1.82) is 5.26 Å². The molecule has 1 aromatic rings. The molecule has 1 aromatic heterocycles. The summed E-state index contributed by atoms with van der Waals surface area (Å²) in [6.45, 7) is 7.83. The van der Waals surface area contributed by atoms with Gasteiger partial charge in [0.2, 0.25) is 11.8 Å². The van der Waals surface area contributed by atoms with E-state index in [4.69, 9.17) is 5.26 Å². The number of nitriles is 1. The van der Waals surface area contributed by atoms with E-state index in [9.17, 15) is 14.4 Å². The maximum absolute atomic E-state index is 11.9. The van der Waals surface area contributed by atoms with Gasteiger partial charge in [0, 0.05) is 31.1 Å². The summed E-state index contributed by atoms with van der Waals surface area (Å²) < 4.78 is 0.